The third-order valence-electron chi connectivity index (χ3n) is 8.78. The minimum absolute atomic E-state index is 0.563. The fourth-order valence-electron chi connectivity index (χ4n) is 6.32. The number of fused-ring (bicyclic) bond motifs is 1. The number of aromatic nitrogens is 3. The summed E-state index contributed by atoms with van der Waals surface area (Å²) in [5.41, 5.74) is 9.82. The average molecular weight is 638 g/mol. The van der Waals surface area contributed by atoms with Gasteiger partial charge < -0.3 is 0 Å². The van der Waals surface area contributed by atoms with Gasteiger partial charge in [0.25, 0.3) is 0 Å². The molecular formula is C45H27N5. The predicted octanol–water partition coefficient (Wildman–Crippen LogP) is 10.8. The minimum Gasteiger partial charge on any atom is -0.208 e. The van der Waals surface area contributed by atoms with Gasteiger partial charge in [-0.25, -0.2) is 15.0 Å². The second kappa shape index (κ2) is 13.1. The fraction of sp³-hybridized carbons (Fsp3) is 0. The van der Waals surface area contributed by atoms with Crippen LogP contribution >= 0.6 is 0 Å². The van der Waals surface area contributed by atoms with Gasteiger partial charge in [-0.15, -0.1) is 0 Å². The Hall–Kier alpha value is -7.21. The molecule has 8 rings (SSSR count). The average Bonchev–Trinajstić information content (AvgIpc) is 3.20. The van der Waals surface area contributed by atoms with Gasteiger partial charge in [0.05, 0.1) is 23.3 Å². The van der Waals surface area contributed by atoms with E-state index in [1.807, 2.05) is 97.1 Å². The van der Waals surface area contributed by atoms with Crippen LogP contribution in [0, 0.1) is 22.7 Å². The van der Waals surface area contributed by atoms with Gasteiger partial charge in [0.15, 0.2) is 17.5 Å². The molecule has 232 valence electrons. The third-order valence-corrected chi connectivity index (χ3v) is 8.78. The van der Waals surface area contributed by atoms with Crippen molar-refractivity contribution in [3.05, 3.63) is 175 Å². The van der Waals surface area contributed by atoms with Crippen LogP contribution in [0.15, 0.2) is 164 Å². The van der Waals surface area contributed by atoms with E-state index < -0.39 is 0 Å². The summed E-state index contributed by atoms with van der Waals surface area (Å²) in [5.74, 6) is 1.86. The summed E-state index contributed by atoms with van der Waals surface area (Å²) in [6, 6.07) is 58.8. The Balaban J connectivity index is 1.19. The minimum atomic E-state index is 0.563. The SMILES string of the molecule is N#Cc1cccc(-c2cc(C#N)cc(-c3ccc(-c4ccc(-c5nc(-c6ccccc6)nc(-c6ccccc6)n5)cc4)c4ccccc34)c2)c1. The molecule has 0 spiro atoms. The summed E-state index contributed by atoms with van der Waals surface area (Å²) < 4.78 is 0. The van der Waals surface area contributed by atoms with Crippen molar-refractivity contribution in [1.29, 1.82) is 10.5 Å². The van der Waals surface area contributed by atoms with E-state index in [0.29, 0.717) is 28.6 Å². The summed E-state index contributed by atoms with van der Waals surface area (Å²) in [5, 5.41) is 21.6. The maximum absolute atomic E-state index is 9.92. The van der Waals surface area contributed by atoms with Crippen LogP contribution in [0.1, 0.15) is 11.1 Å². The highest BCUT2D eigenvalue weighted by molar-refractivity contribution is 6.05. The molecule has 0 bridgehead atoms. The smallest absolute Gasteiger partial charge is 0.164 e. The highest BCUT2D eigenvalue weighted by atomic mass is 15.0. The molecule has 0 fully saturated rings. The molecule has 8 aromatic rings. The molecule has 0 aliphatic carbocycles. The first kappa shape index (κ1) is 30.1. The maximum Gasteiger partial charge on any atom is 0.164 e. The number of rotatable bonds is 6. The van der Waals surface area contributed by atoms with E-state index >= 15 is 0 Å². The first-order chi connectivity index (χ1) is 24.7. The molecule has 0 saturated carbocycles. The molecule has 0 aliphatic heterocycles. The van der Waals surface area contributed by atoms with Gasteiger partial charge in [-0.2, -0.15) is 10.5 Å². The third kappa shape index (κ3) is 5.88. The van der Waals surface area contributed by atoms with Crippen molar-refractivity contribution in [1.82, 2.24) is 15.0 Å². The molecule has 50 heavy (non-hydrogen) atoms. The van der Waals surface area contributed by atoms with E-state index in [1.165, 1.54) is 0 Å². The number of nitriles is 2. The maximum atomic E-state index is 9.92. The lowest BCUT2D eigenvalue weighted by Gasteiger charge is -2.14. The van der Waals surface area contributed by atoms with Crippen molar-refractivity contribution < 1.29 is 0 Å². The van der Waals surface area contributed by atoms with E-state index in [2.05, 4.69) is 72.8 Å². The van der Waals surface area contributed by atoms with E-state index in [4.69, 9.17) is 15.0 Å². The number of hydrogen-bond acceptors (Lipinski definition) is 5. The monoisotopic (exact) mass is 637 g/mol. The van der Waals surface area contributed by atoms with Crippen LogP contribution in [0.5, 0.6) is 0 Å². The van der Waals surface area contributed by atoms with Gasteiger partial charge >= 0.3 is 0 Å². The lowest BCUT2D eigenvalue weighted by Crippen LogP contribution is -2.00. The zero-order valence-corrected chi connectivity index (χ0v) is 26.8. The van der Waals surface area contributed by atoms with Crippen LogP contribution in [0.2, 0.25) is 0 Å². The molecule has 0 atom stereocenters. The van der Waals surface area contributed by atoms with Crippen molar-refractivity contribution in [2.24, 2.45) is 0 Å². The molecule has 0 unspecified atom stereocenters. The second-order valence-corrected chi connectivity index (χ2v) is 11.9. The van der Waals surface area contributed by atoms with Crippen LogP contribution in [0.4, 0.5) is 0 Å². The Labute approximate surface area is 290 Å². The Bertz CT molecular complexity index is 2540. The lowest BCUT2D eigenvalue weighted by molar-refractivity contribution is 1.07. The van der Waals surface area contributed by atoms with Crippen molar-refractivity contribution in [2.45, 2.75) is 0 Å². The first-order valence-electron chi connectivity index (χ1n) is 16.2. The summed E-state index contributed by atoms with van der Waals surface area (Å²) in [7, 11) is 0. The quantitative estimate of drug-likeness (QED) is 0.181. The van der Waals surface area contributed by atoms with E-state index in [9.17, 15) is 10.5 Å². The predicted molar refractivity (Wildman–Crippen MR) is 199 cm³/mol. The summed E-state index contributed by atoms with van der Waals surface area (Å²) in [4.78, 5) is 14.6. The van der Waals surface area contributed by atoms with Gasteiger partial charge in [-0.05, 0) is 74.5 Å². The Morgan fingerprint density at radius 1 is 0.320 bits per heavy atom. The molecule has 7 aromatic carbocycles. The summed E-state index contributed by atoms with van der Waals surface area (Å²) in [6.07, 6.45) is 0. The van der Waals surface area contributed by atoms with Crippen LogP contribution in [-0.4, -0.2) is 15.0 Å². The number of hydrogen-bond donors (Lipinski definition) is 0. The zero-order valence-electron chi connectivity index (χ0n) is 26.8. The van der Waals surface area contributed by atoms with Gasteiger partial charge in [0, 0.05) is 16.7 Å². The molecule has 5 heteroatoms. The molecule has 1 aromatic heterocycles. The van der Waals surface area contributed by atoms with Gasteiger partial charge in [0.2, 0.25) is 0 Å². The van der Waals surface area contributed by atoms with Gasteiger partial charge in [-0.1, -0.05) is 133 Å². The zero-order chi connectivity index (χ0) is 33.9. The molecule has 0 saturated heterocycles. The summed E-state index contributed by atoms with van der Waals surface area (Å²) >= 11 is 0. The van der Waals surface area contributed by atoms with Crippen molar-refractivity contribution in [2.75, 3.05) is 0 Å². The van der Waals surface area contributed by atoms with Crippen LogP contribution in [0.25, 0.3) is 78.3 Å². The van der Waals surface area contributed by atoms with Gasteiger partial charge in [0.1, 0.15) is 0 Å². The van der Waals surface area contributed by atoms with Crippen molar-refractivity contribution >= 4 is 10.8 Å². The van der Waals surface area contributed by atoms with E-state index in [1.54, 1.807) is 6.07 Å². The Kier molecular flexibility index (Phi) is 7.91. The molecule has 0 N–H and O–H groups in total. The van der Waals surface area contributed by atoms with Crippen LogP contribution in [0.3, 0.4) is 0 Å². The topological polar surface area (TPSA) is 86.2 Å². The molecule has 0 amide bonds. The van der Waals surface area contributed by atoms with E-state index in [-0.39, 0.29) is 0 Å². The largest absolute Gasteiger partial charge is 0.208 e. The summed E-state index contributed by atoms with van der Waals surface area (Å²) in [6.45, 7) is 0. The second-order valence-electron chi connectivity index (χ2n) is 11.9. The standard InChI is InChI=1S/C45H27N5/c46-28-30-10-9-15-36(24-30)37-25-31(29-47)26-38(27-37)40-23-22-39(41-16-7-8-17-42(40)41)32-18-20-35(21-19-32)45-49-43(33-11-3-1-4-12-33)48-44(50-45)34-13-5-2-6-14-34/h1-27H. The number of nitrogens with zero attached hydrogens (tertiary/aromatic N) is 5. The number of benzene rings is 7. The molecule has 0 aliphatic rings. The Morgan fingerprint density at radius 2 is 0.760 bits per heavy atom. The highest BCUT2D eigenvalue weighted by Crippen LogP contribution is 2.38. The molecule has 5 nitrogen and oxygen atoms in total. The van der Waals surface area contributed by atoms with Crippen LogP contribution < -0.4 is 0 Å². The normalized spacial score (nSPS) is 10.8. The molecular weight excluding hydrogens is 611 g/mol. The first-order valence-corrected chi connectivity index (χ1v) is 16.2. The van der Waals surface area contributed by atoms with Gasteiger partial charge in [-0.3, -0.25) is 0 Å². The van der Waals surface area contributed by atoms with E-state index in [0.717, 1.165) is 60.8 Å². The van der Waals surface area contributed by atoms with Crippen molar-refractivity contribution in [3.63, 3.8) is 0 Å². The molecule has 0 radical (unpaired) electrons. The Morgan fingerprint density at radius 3 is 1.32 bits per heavy atom. The lowest BCUT2D eigenvalue weighted by atomic mass is 9.90. The van der Waals surface area contributed by atoms with Crippen molar-refractivity contribution in [3.8, 4) is 79.7 Å². The van der Waals surface area contributed by atoms with Crippen LogP contribution in [-0.2, 0) is 0 Å². The highest BCUT2D eigenvalue weighted by Gasteiger charge is 2.15. The fourth-order valence-corrected chi connectivity index (χ4v) is 6.32. The molecule has 1 heterocycles.